The Morgan fingerprint density at radius 3 is 2.50 bits per heavy atom. The third-order valence-corrected chi connectivity index (χ3v) is 5.01. The van der Waals surface area contributed by atoms with Gasteiger partial charge < -0.3 is 19.7 Å². The first-order chi connectivity index (χ1) is 13.1. The van der Waals surface area contributed by atoms with E-state index in [1.807, 2.05) is 6.92 Å². The highest BCUT2D eigenvalue weighted by molar-refractivity contribution is 5.30. The number of aryl methyl sites for hydroxylation is 1. The van der Waals surface area contributed by atoms with E-state index < -0.39 is 17.3 Å². The number of hydrogen-bond acceptors (Lipinski definition) is 4. The van der Waals surface area contributed by atoms with Crippen LogP contribution in [0.4, 0.5) is 13.2 Å². The molecule has 28 heavy (non-hydrogen) atoms. The van der Waals surface area contributed by atoms with E-state index in [9.17, 15) is 23.1 Å². The van der Waals surface area contributed by atoms with E-state index in [4.69, 9.17) is 4.74 Å². The van der Waals surface area contributed by atoms with Crippen molar-refractivity contribution in [2.45, 2.75) is 43.6 Å². The van der Waals surface area contributed by atoms with Crippen molar-refractivity contribution in [2.24, 2.45) is 7.05 Å². The van der Waals surface area contributed by atoms with Gasteiger partial charge in [0.05, 0.1) is 11.2 Å². The third kappa shape index (κ3) is 4.56. The monoisotopic (exact) mass is 396 g/mol. The molecule has 0 saturated carbocycles. The summed E-state index contributed by atoms with van der Waals surface area (Å²) >= 11 is 0. The van der Waals surface area contributed by atoms with Crippen molar-refractivity contribution in [1.82, 2.24) is 9.88 Å². The number of nitrogens with one attached hydrogen (secondary N) is 1. The van der Waals surface area contributed by atoms with E-state index in [0.29, 0.717) is 24.2 Å². The van der Waals surface area contributed by atoms with Gasteiger partial charge in [-0.1, -0.05) is 12.1 Å². The zero-order valence-electron chi connectivity index (χ0n) is 15.7. The van der Waals surface area contributed by atoms with Gasteiger partial charge in [0, 0.05) is 31.4 Å². The molecule has 3 unspecified atom stereocenters. The van der Waals surface area contributed by atoms with Gasteiger partial charge in [-0.15, -0.1) is 0 Å². The molecule has 1 aromatic carbocycles. The van der Waals surface area contributed by atoms with Crippen molar-refractivity contribution in [2.75, 3.05) is 6.61 Å². The Kier molecular flexibility index (Phi) is 5.54. The van der Waals surface area contributed by atoms with Crippen LogP contribution in [0.1, 0.15) is 30.9 Å². The van der Waals surface area contributed by atoms with Gasteiger partial charge in [-0.25, -0.2) is 0 Å². The Labute approximate surface area is 160 Å². The summed E-state index contributed by atoms with van der Waals surface area (Å²) in [6, 6.07) is 7.41. The molecule has 5 nitrogen and oxygen atoms in total. The highest BCUT2D eigenvalue weighted by Crippen LogP contribution is 2.37. The molecule has 8 heteroatoms. The van der Waals surface area contributed by atoms with Gasteiger partial charge >= 0.3 is 6.18 Å². The van der Waals surface area contributed by atoms with Crippen LogP contribution >= 0.6 is 0 Å². The topological polar surface area (TPSA) is 63.5 Å². The smallest absolute Gasteiger partial charge is 0.416 e. The van der Waals surface area contributed by atoms with Gasteiger partial charge in [-0.3, -0.25) is 4.79 Å². The number of ether oxygens (including phenoxy) is 1. The fraction of sp³-hybridized carbons (Fsp3) is 0.450. The van der Waals surface area contributed by atoms with Crippen molar-refractivity contribution in [3.63, 3.8) is 0 Å². The number of rotatable bonds is 4. The predicted molar refractivity (Wildman–Crippen MR) is 98.1 cm³/mol. The molecule has 0 radical (unpaired) electrons. The van der Waals surface area contributed by atoms with E-state index in [-0.39, 0.29) is 24.2 Å². The van der Waals surface area contributed by atoms with Crippen LogP contribution in [-0.4, -0.2) is 28.4 Å². The van der Waals surface area contributed by atoms with Crippen LogP contribution in [0.5, 0.6) is 5.75 Å². The molecule has 2 aromatic rings. The summed E-state index contributed by atoms with van der Waals surface area (Å²) in [4.78, 5) is 11.4. The average Bonchev–Trinajstić information content (AvgIpc) is 2.61. The van der Waals surface area contributed by atoms with Crippen molar-refractivity contribution in [1.29, 1.82) is 0 Å². The second-order valence-electron chi connectivity index (χ2n) is 7.40. The summed E-state index contributed by atoms with van der Waals surface area (Å²) in [6.45, 7) is 2.17. The molecule has 152 valence electrons. The minimum Gasteiger partial charge on any atom is -0.490 e. The van der Waals surface area contributed by atoms with Gasteiger partial charge in [0.2, 0.25) is 5.56 Å². The van der Waals surface area contributed by atoms with Crippen LogP contribution in [0.15, 0.2) is 47.4 Å². The Hall–Kier alpha value is -2.32. The van der Waals surface area contributed by atoms with Crippen LogP contribution < -0.4 is 15.6 Å². The number of aromatic nitrogens is 1. The average molecular weight is 396 g/mol. The molecule has 1 aromatic heterocycles. The zero-order valence-corrected chi connectivity index (χ0v) is 15.7. The van der Waals surface area contributed by atoms with Crippen molar-refractivity contribution in [3.8, 4) is 5.75 Å². The molecule has 0 bridgehead atoms. The molecule has 0 spiro atoms. The molecule has 3 atom stereocenters. The second-order valence-corrected chi connectivity index (χ2v) is 7.40. The summed E-state index contributed by atoms with van der Waals surface area (Å²) in [5, 5.41) is 14.5. The van der Waals surface area contributed by atoms with Gasteiger partial charge in [0.25, 0.3) is 0 Å². The first-order valence-electron chi connectivity index (χ1n) is 9.02. The van der Waals surface area contributed by atoms with Gasteiger partial charge in [-0.05, 0) is 43.5 Å². The lowest BCUT2D eigenvalue weighted by Gasteiger charge is -2.41. The molecular formula is C20H23F3N2O3. The Morgan fingerprint density at radius 2 is 1.89 bits per heavy atom. The zero-order chi connectivity index (χ0) is 20.5. The lowest BCUT2D eigenvalue weighted by Crippen LogP contribution is -2.53. The van der Waals surface area contributed by atoms with Crippen molar-refractivity contribution in [3.05, 3.63) is 64.1 Å². The highest BCUT2D eigenvalue weighted by atomic mass is 19.4. The molecule has 2 N–H and O–H groups in total. The lowest BCUT2D eigenvalue weighted by atomic mass is 9.79. The number of alkyl halides is 3. The number of halogens is 3. The molecule has 0 aliphatic carbocycles. The Balaban J connectivity index is 1.72. The highest BCUT2D eigenvalue weighted by Gasteiger charge is 2.39. The molecule has 1 aliphatic heterocycles. The van der Waals surface area contributed by atoms with Crippen molar-refractivity contribution < 1.29 is 23.0 Å². The van der Waals surface area contributed by atoms with E-state index in [0.717, 1.165) is 12.1 Å². The predicted octanol–water partition coefficient (Wildman–Crippen LogP) is 2.81. The maximum Gasteiger partial charge on any atom is 0.416 e. The SMILES string of the molecule is CC1CC(O)(c2ccc(C(F)(F)F)cc2)CC(COc2ccc(=O)n(C)c2)N1. The Morgan fingerprint density at radius 1 is 1.21 bits per heavy atom. The van der Waals surface area contributed by atoms with Gasteiger partial charge in [0.15, 0.2) is 0 Å². The van der Waals surface area contributed by atoms with E-state index in [1.54, 1.807) is 19.3 Å². The number of piperidine rings is 1. The maximum absolute atomic E-state index is 12.8. The van der Waals surface area contributed by atoms with E-state index >= 15 is 0 Å². The van der Waals surface area contributed by atoms with E-state index in [2.05, 4.69) is 5.32 Å². The second kappa shape index (κ2) is 7.60. The number of benzene rings is 1. The first kappa shape index (κ1) is 20.4. The number of nitrogens with zero attached hydrogens (tertiary/aromatic N) is 1. The standard InChI is InChI=1S/C20H23F3N2O3/c1-13-9-19(27,14-3-5-15(6-4-14)20(21,22)23)10-16(24-13)12-28-17-7-8-18(26)25(2)11-17/h3-8,11,13,16,24,27H,9-10,12H2,1-2H3. The van der Waals surface area contributed by atoms with Crippen molar-refractivity contribution >= 4 is 0 Å². The van der Waals surface area contributed by atoms with Gasteiger partial charge in [0.1, 0.15) is 12.4 Å². The van der Waals surface area contributed by atoms with Crippen LogP contribution in [0.2, 0.25) is 0 Å². The molecule has 1 aliphatic rings. The fourth-order valence-corrected chi connectivity index (χ4v) is 3.68. The summed E-state index contributed by atoms with van der Waals surface area (Å²) in [7, 11) is 1.62. The van der Waals surface area contributed by atoms with Crippen LogP contribution in [-0.2, 0) is 18.8 Å². The molecule has 0 amide bonds. The number of pyridine rings is 1. The minimum atomic E-state index is -4.41. The van der Waals surface area contributed by atoms with Crippen LogP contribution in [0.25, 0.3) is 0 Å². The third-order valence-electron chi connectivity index (χ3n) is 5.01. The molecule has 1 fully saturated rings. The minimum absolute atomic E-state index is 0.0465. The summed E-state index contributed by atoms with van der Waals surface area (Å²) < 4.78 is 45.5. The number of hydrogen-bond donors (Lipinski definition) is 2. The molecule has 2 heterocycles. The summed E-state index contributed by atoms with van der Waals surface area (Å²) in [5.74, 6) is 0.528. The maximum atomic E-state index is 12.8. The lowest BCUT2D eigenvalue weighted by molar-refractivity contribution is -0.137. The van der Waals surface area contributed by atoms with E-state index in [1.165, 1.54) is 22.8 Å². The largest absolute Gasteiger partial charge is 0.490 e. The normalized spacial score (nSPS) is 25.5. The quantitative estimate of drug-likeness (QED) is 0.834. The molecule has 3 rings (SSSR count). The Bertz CT molecular complexity index is 880. The van der Waals surface area contributed by atoms with Crippen LogP contribution in [0.3, 0.4) is 0 Å². The fourth-order valence-electron chi connectivity index (χ4n) is 3.68. The van der Waals surface area contributed by atoms with Crippen LogP contribution in [0, 0.1) is 0 Å². The first-order valence-corrected chi connectivity index (χ1v) is 9.02. The van der Waals surface area contributed by atoms with Gasteiger partial charge in [-0.2, -0.15) is 13.2 Å². The molecular weight excluding hydrogens is 373 g/mol. The summed E-state index contributed by atoms with van der Waals surface area (Å²) in [6.07, 6.45) is -2.14. The summed E-state index contributed by atoms with van der Waals surface area (Å²) in [5.41, 5.74) is -1.67. The number of aliphatic hydroxyl groups is 1. The molecule has 1 saturated heterocycles.